The normalized spacial score (nSPS) is 15.6. The number of benzene rings is 3. The van der Waals surface area contributed by atoms with E-state index in [9.17, 15) is 18.7 Å². The second kappa shape index (κ2) is 8.48. The Morgan fingerprint density at radius 2 is 1.85 bits per heavy atom. The van der Waals surface area contributed by atoms with E-state index in [1.165, 1.54) is 30.3 Å². The van der Waals surface area contributed by atoms with Crippen LogP contribution in [0.5, 0.6) is 5.75 Å². The molecule has 5 rings (SSSR count). The highest BCUT2D eigenvalue weighted by Gasteiger charge is 2.33. The van der Waals surface area contributed by atoms with Gasteiger partial charge in [0.25, 0.3) is 0 Å². The molecule has 0 unspecified atom stereocenters. The monoisotopic (exact) mass is 467 g/mol. The topological polar surface area (TPSA) is 58.4 Å². The highest BCUT2D eigenvalue weighted by atomic mass is 35.5. The number of rotatable bonds is 4. The van der Waals surface area contributed by atoms with Crippen LogP contribution in [0.3, 0.4) is 0 Å². The van der Waals surface area contributed by atoms with Gasteiger partial charge in [-0.1, -0.05) is 17.7 Å². The number of nitrogens with zero attached hydrogens (tertiary/aromatic N) is 3. The minimum Gasteiger partial charge on any atom is -0.508 e. The lowest BCUT2D eigenvalue weighted by molar-refractivity contribution is -0.133. The van der Waals surface area contributed by atoms with Gasteiger partial charge in [-0.05, 0) is 66.1 Å². The predicted molar refractivity (Wildman–Crippen MR) is 121 cm³/mol. The summed E-state index contributed by atoms with van der Waals surface area (Å²) in [6, 6.07) is 13.0. The number of fused-ring (bicyclic) bond motifs is 2. The molecule has 0 bridgehead atoms. The quantitative estimate of drug-likeness (QED) is 0.446. The highest BCUT2D eigenvalue weighted by molar-refractivity contribution is 6.30. The van der Waals surface area contributed by atoms with Gasteiger partial charge < -0.3 is 10.0 Å². The van der Waals surface area contributed by atoms with Crippen molar-refractivity contribution in [1.29, 1.82) is 0 Å². The summed E-state index contributed by atoms with van der Waals surface area (Å²) in [7, 11) is 0. The summed E-state index contributed by atoms with van der Waals surface area (Å²) in [6.45, 7) is 0.686. The number of aryl methyl sites for hydroxylation is 1. The number of aromatic hydroxyl groups is 1. The van der Waals surface area contributed by atoms with Crippen LogP contribution in [0.2, 0.25) is 5.02 Å². The summed E-state index contributed by atoms with van der Waals surface area (Å²) in [5.74, 6) is -0.810. The van der Waals surface area contributed by atoms with Crippen LogP contribution in [0.1, 0.15) is 29.2 Å². The van der Waals surface area contributed by atoms with Gasteiger partial charge in [-0.25, -0.2) is 8.78 Å². The summed E-state index contributed by atoms with van der Waals surface area (Å²) in [4.78, 5) is 15.1. The molecule has 0 aliphatic carbocycles. The number of hydrogen-bond donors (Lipinski definition) is 1. The Bertz CT molecular complexity index is 1370. The third kappa shape index (κ3) is 4.04. The second-order valence-electron chi connectivity index (χ2n) is 8.11. The van der Waals surface area contributed by atoms with Crippen molar-refractivity contribution < 1.29 is 18.7 Å². The molecule has 8 heteroatoms. The van der Waals surface area contributed by atoms with Crippen LogP contribution in [0.4, 0.5) is 8.78 Å². The Balaban J connectivity index is 1.46. The standard InChI is InChI=1S/C25H20ClF2N3O2/c26-17-1-6-23(32)21(13-17)25-20-4-2-18(27)11-15(20)7-9-30(25)24(33)8-10-31-22-5-3-19(28)12-16(22)14-29-31/h1-6,11-14,25,32H,7-10H2/t25-/m0/s1. The first kappa shape index (κ1) is 21.4. The van der Waals surface area contributed by atoms with E-state index in [2.05, 4.69) is 5.10 Å². The molecule has 5 nitrogen and oxygen atoms in total. The molecule has 1 amide bonds. The van der Waals surface area contributed by atoms with Crippen LogP contribution in [0.25, 0.3) is 10.9 Å². The smallest absolute Gasteiger partial charge is 0.225 e. The van der Waals surface area contributed by atoms with Gasteiger partial charge in [-0.3, -0.25) is 9.48 Å². The van der Waals surface area contributed by atoms with Crippen LogP contribution in [0.15, 0.2) is 60.8 Å². The van der Waals surface area contributed by atoms with E-state index in [4.69, 9.17) is 11.6 Å². The number of halogens is 3. The summed E-state index contributed by atoms with van der Waals surface area (Å²) >= 11 is 6.20. The van der Waals surface area contributed by atoms with Crippen molar-refractivity contribution in [2.45, 2.75) is 25.4 Å². The molecule has 168 valence electrons. The number of phenolic OH excluding ortho intramolecular Hbond substituents is 1. The second-order valence-corrected chi connectivity index (χ2v) is 8.54. The van der Waals surface area contributed by atoms with Gasteiger partial charge in [-0.15, -0.1) is 0 Å². The van der Waals surface area contributed by atoms with Crippen molar-refractivity contribution in [1.82, 2.24) is 14.7 Å². The first-order valence-corrected chi connectivity index (χ1v) is 11.0. The molecular weight excluding hydrogens is 448 g/mol. The number of carbonyl (C=O) groups excluding carboxylic acids is 1. The number of amides is 1. The first-order valence-electron chi connectivity index (χ1n) is 10.6. The fourth-order valence-electron chi connectivity index (χ4n) is 4.53. The van der Waals surface area contributed by atoms with Gasteiger partial charge in [0.15, 0.2) is 0 Å². The maximum Gasteiger partial charge on any atom is 0.225 e. The van der Waals surface area contributed by atoms with E-state index in [1.807, 2.05) is 0 Å². The minimum atomic E-state index is -0.594. The van der Waals surface area contributed by atoms with E-state index in [0.29, 0.717) is 35.5 Å². The predicted octanol–water partition coefficient (Wildman–Crippen LogP) is 5.24. The molecule has 1 N–H and O–H groups in total. The zero-order valence-electron chi connectivity index (χ0n) is 17.5. The molecule has 4 aromatic rings. The average Bonchev–Trinajstić information content (AvgIpc) is 3.20. The Morgan fingerprint density at radius 1 is 1.06 bits per heavy atom. The molecule has 1 aliphatic heterocycles. The Morgan fingerprint density at radius 3 is 2.70 bits per heavy atom. The Labute approximate surface area is 193 Å². The molecule has 1 atom stereocenters. The van der Waals surface area contributed by atoms with Gasteiger partial charge >= 0.3 is 0 Å². The third-order valence-electron chi connectivity index (χ3n) is 6.08. The van der Waals surface area contributed by atoms with Gasteiger partial charge in [0.2, 0.25) is 5.91 Å². The Hall–Kier alpha value is -3.45. The van der Waals surface area contributed by atoms with Crippen molar-refractivity contribution in [3.63, 3.8) is 0 Å². The van der Waals surface area contributed by atoms with E-state index < -0.39 is 6.04 Å². The molecule has 33 heavy (non-hydrogen) atoms. The van der Waals surface area contributed by atoms with Gasteiger partial charge in [-0.2, -0.15) is 5.10 Å². The fraction of sp³-hybridized carbons (Fsp3) is 0.200. The summed E-state index contributed by atoms with van der Waals surface area (Å²) in [5, 5.41) is 15.9. The minimum absolute atomic E-state index is 0.0134. The molecule has 0 radical (unpaired) electrons. The van der Waals surface area contributed by atoms with Crippen molar-refractivity contribution in [3.8, 4) is 5.75 Å². The molecular formula is C25H20ClF2N3O2. The molecule has 1 aliphatic rings. The lowest BCUT2D eigenvalue weighted by atomic mass is 9.87. The van der Waals surface area contributed by atoms with E-state index in [1.54, 1.807) is 40.0 Å². The van der Waals surface area contributed by atoms with Crippen LogP contribution >= 0.6 is 11.6 Å². The van der Waals surface area contributed by atoms with Gasteiger partial charge in [0.05, 0.1) is 24.3 Å². The highest BCUT2D eigenvalue weighted by Crippen LogP contribution is 2.40. The maximum absolute atomic E-state index is 13.9. The van der Waals surface area contributed by atoms with Crippen LogP contribution in [-0.4, -0.2) is 32.2 Å². The number of phenols is 1. The molecule has 1 aromatic heterocycles. The number of hydrogen-bond acceptors (Lipinski definition) is 3. The van der Waals surface area contributed by atoms with Crippen molar-refractivity contribution in [3.05, 3.63) is 94.1 Å². The van der Waals surface area contributed by atoms with E-state index in [-0.39, 0.29) is 29.7 Å². The van der Waals surface area contributed by atoms with Crippen molar-refractivity contribution >= 4 is 28.4 Å². The van der Waals surface area contributed by atoms with Gasteiger partial charge in [0, 0.05) is 28.9 Å². The van der Waals surface area contributed by atoms with Crippen LogP contribution < -0.4 is 0 Å². The van der Waals surface area contributed by atoms with Crippen LogP contribution in [-0.2, 0) is 17.8 Å². The van der Waals surface area contributed by atoms with E-state index in [0.717, 1.165) is 16.6 Å². The zero-order chi connectivity index (χ0) is 23.1. The summed E-state index contributed by atoms with van der Waals surface area (Å²) in [5.41, 5.74) is 2.79. The largest absolute Gasteiger partial charge is 0.508 e. The molecule has 0 saturated heterocycles. The SMILES string of the molecule is O=C(CCn1ncc2cc(F)ccc21)N1CCc2cc(F)ccc2[C@H]1c1cc(Cl)ccc1O. The first-order chi connectivity index (χ1) is 15.9. The Kier molecular flexibility index (Phi) is 5.50. The summed E-state index contributed by atoms with van der Waals surface area (Å²) in [6.07, 6.45) is 2.23. The maximum atomic E-state index is 13.9. The third-order valence-corrected chi connectivity index (χ3v) is 6.31. The average molecular weight is 468 g/mol. The number of carbonyl (C=O) groups is 1. The van der Waals surface area contributed by atoms with Gasteiger partial charge in [0.1, 0.15) is 17.4 Å². The van der Waals surface area contributed by atoms with Crippen molar-refractivity contribution in [2.75, 3.05) is 6.54 Å². The fourth-order valence-corrected chi connectivity index (χ4v) is 4.71. The molecule has 0 fully saturated rings. The molecule has 0 spiro atoms. The zero-order valence-corrected chi connectivity index (χ0v) is 18.3. The van der Waals surface area contributed by atoms with E-state index >= 15 is 0 Å². The van der Waals surface area contributed by atoms with Crippen LogP contribution in [0, 0.1) is 11.6 Å². The van der Waals surface area contributed by atoms with Crippen molar-refractivity contribution in [2.24, 2.45) is 0 Å². The molecule has 0 saturated carbocycles. The summed E-state index contributed by atoms with van der Waals surface area (Å²) < 4.78 is 29.0. The number of aromatic nitrogens is 2. The molecule has 2 heterocycles. The lowest BCUT2D eigenvalue weighted by Crippen LogP contribution is -2.41. The molecule has 3 aromatic carbocycles. The lowest BCUT2D eigenvalue weighted by Gasteiger charge is -2.38.